The van der Waals surface area contributed by atoms with Gasteiger partial charge < -0.3 is 35.2 Å². The summed E-state index contributed by atoms with van der Waals surface area (Å²) in [6.07, 6.45) is -0.970. The summed E-state index contributed by atoms with van der Waals surface area (Å²) >= 11 is 1.79. The number of amides is 1. The third kappa shape index (κ3) is 8.34. The molecule has 1 rings (SSSR count). The molecule has 1 saturated heterocycles. The van der Waals surface area contributed by atoms with Crippen LogP contribution in [-0.4, -0.2) is 88.3 Å². The molecule has 26 heavy (non-hydrogen) atoms. The van der Waals surface area contributed by atoms with E-state index in [1.807, 2.05) is 0 Å². The normalized spacial score (nSPS) is 28.7. The maximum Gasteiger partial charge on any atom is 0.243 e. The molecule has 0 aromatic heterocycles. The lowest BCUT2D eigenvalue weighted by atomic mass is 9.99. The second-order valence-corrected chi connectivity index (χ2v) is 7.31. The van der Waals surface area contributed by atoms with Crippen LogP contribution in [-0.2, 0) is 14.3 Å². The number of ether oxygens (including phenoxy) is 2. The number of aliphatic hydroxyl groups excluding tert-OH is 4. The average molecular weight is 394 g/mol. The van der Waals surface area contributed by atoms with Crippen LogP contribution in [0.2, 0.25) is 0 Å². The van der Waals surface area contributed by atoms with Gasteiger partial charge in [0.1, 0.15) is 24.4 Å². The first kappa shape index (κ1) is 23.4. The summed E-state index contributed by atoms with van der Waals surface area (Å²) in [5.74, 6) is 1.75. The number of thioether (sulfide) groups is 1. The Bertz CT molecular complexity index is 411. The fraction of sp³-hybridized carbons (Fsp3) is 0.824. The maximum atomic E-state index is 10.9. The molecule has 0 aliphatic carbocycles. The zero-order valence-electron chi connectivity index (χ0n) is 15.0. The van der Waals surface area contributed by atoms with Crippen LogP contribution in [0, 0.1) is 0 Å². The Hall–Kier alpha value is -0.680. The van der Waals surface area contributed by atoms with E-state index >= 15 is 0 Å². The van der Waals surface area contributed by atoms with Gasteiger partial charge in [0.05, 0.1) is 6.61 Å². The van der Waals surface area contributed by atoms with Crippen LogP contribution in [0.25, 0.3) is 0 Å². The predicted molar refractivity (Wildman–Crippen MR) is 98.7 cm³/mol. The monoisotopic (exact) mass is 393 g/mol. The SMILES string of the molecule is C=CC(=O)NCCSCCCCCCO[C@H]1O[C@H](CO)[C@@H](O)[C@H](O)[C@@H]1O. The summed E-state index contributed by atoms with van der Waals surface area (Å²) in [6.45, 7) is 3.94. The van der Waals surface area contributed by atoms with E-state index < -0.39 is 37.3 Å². The Kier molecular flexibility index (Phi) is 12.1. The number of nitrogens with one attached hydrogen (secondary N) is 1. The third-order valence-electron chi connectivity index (χ3n) is 4.04. The van der Waals surface area contributed by atoms with Crippen molar-refractivity contribution in [3.63, 3.8) is 0 Å². The molecule has 9 heteroatoms. The zero-order chi connectivity index (χ0) is 19.4. The third-order valence-corrected chi connectivity index (χ3v) is 5.11. The van der Waals surface area contributed by atoms with Gasteiger partial charge in [0, 0.05) is 18.9 Å². The van der Waals surface area contributed by atoms with Gasteiger partial charge in [-0.05, 0) is 24.7 Å². The highest BCUT2D eigenvalue weighted by atomic mass is 32.2. The number of hydrogen-bond donors (Lipinski definition) is 5. The van der Waals surface area contributed by atoms with Gasteiger partial charge in [-0.2, -0.15) is 11.8 Å². The summed E-state index contributed by atoms with van der Waals surface area (Å²) in [6, 6.07) is 0. The highest BCUT2D eigenvalue weighted by molar-refractivity contribution is 7.99. The van der Waals surface area contributed by atoms with Crippen LogP contribution in [0.4, 0.5) is 0 Å². The summed E-state index contributed by atoms with van der Waals surface area (Å²) in [4.78, 5) is 10.9. The van der Waals surface area contributed by atoms with Crippen molar-refractivity contribution in [2.24, 2.45) is 0 Å². The molecular formula is C17H31NO7S. The Morgan fingerprint density at radius 1 is 1.12 bits per heavy atom. The number of aliphatic hydroxyl groups is 4. The van der Waals surface area contributed by atoms with Crippen LogP contribution < -0.4 is 5.32 Å². The number of rotatable bonds is 13. The van der Waals surface area contributed by atoms with Crippen LogP contribution in [0.3, 0.4) is 0 Å². The van der Waals surface area contributed by atoms with Crippen molar-refractivity contribution in [2.75, 3.05) is 31.3 Å². The van der Waals surface area contributed by atoms with Crippen LogP contribution in [0.5, 0.6) is 0 Å². The number of carbonyl (C=O) groups is 1. The quantitative estimate of drug-likeness (QED) is 0.207. The predicted octanol–water partition coefficient (Wildman–Crippen LogP) is -0.601. The fourth-order valence-corrected chi connectivity index (χ4v) is 3.34. The molecule has 0 unspecified atom stereocenters. The van der Waals surface area contributed by atoms with Gasteiger partial charge in [-0.25, -0.2) is 0 Å². The van der Waals surface area contributed by atoms with Gasteiger partial charge in [0.15, 0.2) is 6.29 Å². The Morgan fingerprint density at radius 3 is 2.54 bits per heavy atom. The lowest BCUT2D eigenvalue weighted by Gasteiger charge is -2.39. The van der Waals surface area contributed by atoms with Gasteiger partial charge >= 0.3 is 0 Å². The zero-order valence-corrected chi connectivity index (χ0v) is 15.8. The summed E-state index contributed by atoms with van der Waals surface area (Å²) in [5.41, 5.74) is 0. The van der Waals surface area contributed by atoms with Crippen LogP contribution >= 0.6 is 11.8 Å². The van der Waals surface area contributed by atoms with Crippen molar-refractivity contribution in [3.8, 4) is 0 Å². The summed E-state index contributed by atoms with van der Waals surface area (Å²) < 4.78 is 10.7. The minimum atomic E-state index is -1.40. The molecule has 1 amide bonds. The minimum Gasteiger partial charge on any atom is -0.394 e. The summed E-state index contributed by atoms with van der Waals surface area (Å²) in [7, 11) is 0. The second-order valence-electron chi connectivity index (χ2n) is 6.09. The first-order valence-electron chi connectivity index (χ1n) is 8.91. The fourth-order valence-electron chi connectivity index (χ4n) is 2.48. The maximum absolute atomic E-state index is 10.9. The molecule has 8 nitrogen and oxygen atoms in total. The molecule has 0 bridgehead atoms. The van der Waals surface area contributed by atoms with Gasteiger partial charge in [0.2, 0.25) is 5.91 Å². The van der Waals surface area contributed by atoms with Crippen molar-refractivity contribution in [1.82, 2.24) is 5.32 Å². The van der Waals surface area contributed by atoms with Crippen molar-refractivity contribution in [1.29, 1.82) is 0 Å². The van der Waals surface area contributed by atoms with E-state index in [0.29, 0.717) is 13.2 Å². The van der Waals surface area contributed by atoms with Gasteiger partial charge in [-0.1, -0.05) is 19.4 Å². The first-order valence-corrected chi connectivity index (χ1v) is 10.1. The Labute approximate surface area is 158 Å². The van der Waals surface area contributed by atoms with E-state index in [0.717, 1.165) is 37.2 Å². The van der Waals surface area contributed by atoms with Gasteiger partial charge in [0.25, 0.3) is 0 Å². The lowest BCUT2D eigenvalue weighted by molar-refractivity contribution is -0.301. The van der Waals surface area contributed by atoms with Crippen molar-refractivity contribution >= 4 is 17.7 Å². The molecule has 0 aromatic rings. The molecule has 1 aliphatic rings. The van der Waals surface area contributed by atoms with Crippen LogP contribution in [0.1, 0.15) is 25.7 Å². The van der Waals surface area contributed by atoms with Crippen LogP contribution in [0.15, 0.2) is 12.7 Å². The Morgan fingerprint density at radius 2 is 1.85 bits per heavy atom. The highest BCUT2D eigenvalue weighted by Crippen LogP contribution is 2.22. The average Bonchev–Trinajstić information content (AvgIpc) is 2.65. The molecule has 0 aromatic carbocycles. The first-order chi connectivity index (χ1) is 12.5. The van der Waals surface area contributed by atoms with E-state index in [2.05, 4.69) is 11.9 Å². The highest BCUT2D eigenvalue weighted by Gasteiger charge is 2.43. The van der Waals surface area contributed by atoms with E-state index in [1.165, 1.54) is 6.08 Å². The Balaban J connectivity index is 2.00. The minimum absolute atomic E-state index is 0.148. The van der Waals surface area contributed by atoms with Crippen molar-refractivity contribution in [3.05, 3.63) is 12.7 Å². The molecule has 0 spiro atoms. The van der Waals surface area contributed by atoms with Crippen molar-refractivity contribution in [2.45, 2.75) is 56.4 Å². The van der Waals surface area contributed by atoms with E-state index in [1.54, 1.807) is 11.8 Å². The number of carbonyl (C=O) groups excluding carboxylic acids is 1. The molecule has 5 N–H and O–H groups in total. The van der Waals surface area contributed by atoms with E-state index in [4.69, 9.17) is 14.6 Å². The van der Waals surface area contributed by atoms with Crippen molar-refractivity contribution < 1.29 is 34.7 Å². The molecule has 152 valence electrons. The number of hydrogen-bond acceptors (Lipinski definition) is 8. The molecule has 0 saturated carbocycles. The molecule has 1 heterocycles. The van der Waals surface area contributed by atoms with E-state index in [9.17, 15) is 20.1 Å². The topological polar surface area (TPSA) is 128 Å². The molecular weight excluding hydrogens is 362 g/mol. The smallest absolute Gasteiger partial charge is 0.243 e. The molecule has 5 atom stereocenters. The molecule has 0 radical (unpaired) electrons. The van der Waals surface area contributed by atoms with E-state index in [-0.39, 0.29) is 5.91 Å². The van der Waals surface area contributed by atoms with Gasteiger partial charge in [-0.3, -0.25) is 4.79 Å². The molecule has 1 aliphatic heterocycles. The molecule has 1 fully saturated rings. The summed E-state index contributed by atoms with van der Waals surface area (Å²) in [5, 5.41) is 41.0. The number of unbranched alkanes of at least 4 members (excludes halogenated alkanes) is 3. The largest absolute Gasteiger partial charge is 0.394 e. The second kappa shape index (κ2) is 13.5. The van der Waals surface area contributed by atoms with Gasteiger partial charge in [-0.15, -0.1) is 0 Å². The standard InChI is InChI=1S/C17H31NO7S/c1-2-13(20)18-7-10-26-9-6-4-3-5-8-24-17-16(23)15(22)14(21)12(11-19)25-17/h2,12,14-17,19,21-23H,1,3-11H2,(H,18,20)/t12-,14-,15+,16+,17+/m1/s1. The lowest BCUT2D eigenvalue weighted by Crippen LogP contribution is -2.59.